The minimum atomic E-state index is -4.82. The number of hydrogen-bond donors (Lipinski definition) is 2. The zero-order valence-electron chi connectivity index (χ0n) is 14.3. The number of alkyl halides is 3. The fraction of sp³-hybridized carbons (Fsp3) is 0.0526. The van der Waals surface area contributed by atoms with Gasteiger partial charge in [0, 0.05) is 10.4 Å². The van der Waals surface area contributed by atoms with Crippen LogP contribution in [0.25, 0.3) is 10.4 Å². The standard InChI is InChI=1S/C19H11F4NO4S/c20-12-3-1-2-11(8-12)17(25)24-14-9-15(29-16(14)18(26)27)10-4-6-13(7-5-10)28-19(21,22)23/h1-9H,(H,24,25)(H,26,27). The second kappa shape index (κ2) is 7.92. The highest BCUT2D eigenvalue weighted by molar-refractivity contribution is 7.18. The molecule has 3 rings (SSSR count). The highest BCUT2D eigenvalue weighted by Crippen LogP contribution is 2.36. The molecule has 0 fully saturated rings. The number of rotatable bonds is 5. The molecule has 2 aromatic carbocycles. The molecule has 2 N–H and O–H groups in total. The van der Waals surface area contributed by atoms with E-state index in [-0.39, 0.29) is 16.1 Å². The van der Waals surface area contributed by atoms with Gasteiger partial charge in [-0.1, -0.05) is 6.07 Å². The van der Waals surface area contributed by atoms with Crippen LogP contribution < -0.4 is 10.1 Å². The Hall–Kier alpha value is -3.40. The highest BCUT2D eigenvalue weighted by atomic mass is 32.1. The summed E-state index contributed by atoms with van der Waals surface area (Å²) < 4.78 is 53.8. The third-order valence-corrected chi connectivity index (χ3v) is 4.81. The van der Waals surface area contributed by atoms with E-state index < -0.39 is 29.8 Å². The molecular formula is C19H11F4NO4S. The molecule has 1 amide bonds. The molecule has 0 radical (unpaired) electrons. The Morgan fingerprint density at radius 1 is 1.03 bits per heavy atom. The molecule has 29 heavy (non-hydrogen) atoms. The second-order valence-electron chi connectivity index (χ2n) is 5.70. The predicted octanol–water partition coefficient (Wildman–Crippen LogP) is 5.40. The van der Waals surface area contributed by atoms with Crippen molar-refractivity contribution in [2.75, 3.05) is 5.32 Å². The monoisotopic (exact) mass is 425 g/mol. The smallest absolute Gasteiger partial charge is 0.477 e. The van der Waals surface area contributed by atoms with Crippen molar-refractivity contribution in [3.8, 4) is 16.2 Å². The van der Waals surface area contributed by atoms with E-state index in [0.29, 0.717) is 10.4 Å². The minimum absolute atomic E-state index is 0.00254. The van der Waals surface area contributed by atoms with Crippen LogP contribution in [-0.4, -0.2) is 23.3 Å². The third-order valence-electron chi connectivity index (χ3n) is 3.63. The Morgan fingerprint density at radius 3 is 2.31 bits per heavy atom. The summed E-state index contributed by atoms with van der Waals surface area (Å²) in [6.45, 7) is 0. The second-order valence-corrected chi connectivity index (χ2v) is 6.75. The molecule has 1 aromatic heterocycles. The van der Waals surface area contributed by atoms with Crippen LogP contribution in [0.5, 0.6) is 5.75 Å². The van der Waals surface area contributed by atoms with Crippen molar-refractivity contribution in [1.29, 1.82) is 0 Å². The van der Waals surface area contributed by atoms with Crippen molar-refractivity contribution in [3.05, 3.63) is 70.9 Å². The lowest BCUT2D eigenvalue weighted by Gasteiger charge is -2.08. The summed E-state index contributed by atoms with van der Waals surface area (Å²) in [5.74, 6) is -3.04. The topological polar surface area (TPSA) is 75.6 Å². The molecule has 0 spiro atoms. The number of carboxylic acids is 1. The van der Waals surface area contributed by atoms with Gasteiger partial charge in [-0.15, -0.1) is 24.5 Å². The number of halogens is 4. The number of anilines is 1. The molecule has 0 aliphatic heterocycles. The van der Waals surface area contributed by atoms with Crippen molar-refractivity contribution >= 4 is 28.9 Å². The Kier molecular flexibility index (Phi) is 5.55. The Bertz CT molecular complexity index is 1060. The van der Waals surface area contributed by atoms with Crippen LogP contribution in [0.1, 0.15) is 20.0 Å². The molecule has 0 bridgehead atoms. The van der Waals surface area contributed by atoms with Crippen LogP contribution in [-0.2, 0) is 0 Å². The summed E-state index contributed by atoms with van der Waals surface area (Å²) in [6, 6.07) is 11.1. The molecule has 1 heterocycles. The quantitative estimate of drug-likeness (QED) is 0.537. The van der Waals surface area contributed by atoms with Gasteiger partial charge in [0.1, 0.15) is 16.4 Å². The molecule has 0 aliphatic rings. The van der Waals surface area contributed by atoms with E-state index in [4.69, 9.17) is 0 Å². The fourth-order valence-corrected chi connectivity index (χ4v) is 3.39. The van der Waals surface area contributed by atoms with E-state index in [0.717, 1.165) is 35.6 Å². The Labute approximate surface area is 165 Å². The summed E-state index contributed by atoms with van der Waals surface area (Å²) >= 11 is 0.829. The van der Waals surface area contributed by atoms with Crippen LogP contribution in [0.4, 0.5) is 23.2 Å². The zero-order valence-corrected chi connectivity index (χ0v) is 15.1. The first-order valence-corrected chi connectivity index (χ1v) is 8.74. The van der Waals surface area contributed by atoms with E-state index in [9.17, 15) is 32.3 Å². The third kappa shape index (κ3) is 5.11. The summed E-state index contributed by atoms with van der Waals surface area (Å²) in [4.78, 5) is 24.0. The molecule has 0 saturated carbocycles. The van der Waals surface area contributed by atoms with E-state index in [1.807, 2.05) is 0 Å². The van der Waals surface area contributed by atoms with E-state index in [2.05, 4.69) is 10.1 Å². The fourth-order valence-electron chi connectivity index (χ4n) is 2.43. The van der Waals surface area contributed by atoms with Gasteiger partial charge in [0.15, 0.2) is 0 Å². The Morgan fingerprint density at radius 2 is 1.72 bits per heavy atom. The number of nitrogens with one attached hydrogen (secondary N) is 1. The van der Waals surface area contributed by atoms with Gasteiger partial charge in [-0.3, -0.25) is 4.79 Å². The zero-order chi connectivity index (χ0) is 21.2. The average molecular weight is 425 g/mol. The number of thiophene rings is 1. The molecule has 5 nitrogen and oxygen atoms in total. The number of benzene rings is 2. The summed E-state index contributed by atoms with van der Waals surface area (Å²) in [5.41, 5.74) is 0.420. The van der Waals surface area contributed by atoms with Crippen molar-refractivity contribution < 1.29 is 37.0 Å². The first kappa shape index (κ1) is 20.3. The van der Waals surface area contributed by atoms with Crippen molar-refractivity contribution in [1.82, 2.24) is 0 Å². The van der Waals surface area contributed by atoms with Crippen LogP contribution in [0.3, 0.4) is 0 Å². The maximum atomic E-state index is 13.3. The van der Waals surface area contributed by atoms with Gasteiger partial charge in [0.2, 0.25) is 0 Å². The van der Waals surface area contributed by atoms with Crippen molar-refractivity contribution in [3.63, 3.8) is 0 Å². The summed E-state index contributed by atoms with van der Waals surface area (Å²) in [7, 11) is 0. The number of aromatic carboxylic acids is 1. The van der Waals surface area contributed by atoms with Gasteiger partial charge in [-0.25, -0.2) is 9.18 Å². The largest absolute Gasteiger partial charge is 0.573 e. The van der Waals surface area contributed by atoms with Crippen LogP contribution in [0.15, 0.2) is 54.6 Å². The van der Waals surface area contributed by atoms with Crippen LogP contribution in [0.2, 0.25) is 0 Å². The van der Waals surface area contributed by atoms with Crippen molar-refractivity contribution in [2.24, 2.45) is 0 Å². The number of carboxylic acid groups (broad SMARTS) is 1. The van der Waals surface area contributed by atoms with Gasteiger partial charge in [0.25, 0.3) is 5.91 Å². The van der Waals surface area contributed by atoms with Crippen LogP contribution >= 0.6 is 11.3 Å². The molecule has 0 unspecified atom stereocenters. The lowest BCUT2D eigenvalue weighted by atomic mass is 10.1. The molecule has 10 heteroatoms. The van der Waals surface area contributed by atoms with Gasteiger partial charge < -0.3 is 15.2 Å². The van der Waals surface area contributed by atoms with Crippen molar-refractivity contribution in [2.45, 2.75) is 6.36 Å². The van der Waals surface area contributed by atoms with E-state index >= 15 is 0 Å². The van der Waals surface area contributed by atoms with Gasteiger partial charge in [0.05, 0.1) is 5.69 Å². The number of carbonyl (C=O) groups excluding carboxylic acids is 1. The van der Waals surface area contributed by atoms with Crippen LogP contribution in [0, 0.1) is 5.82 Å². The normalized spacial score (nSPS) is 11.2. The summed E-state index contributed by atoms with van der Waals surface area (Å²) in [5, 5.41) is 11.8. The number of carbonyl (C=O) groups is 2. The molecular weight excluding hydrogens is 414 g/mol. The molecule has 150 valence electrons. The number of hydrogen-bond acceptors (Lipinski definition) is 4. The lowest BCUT2D eigenvalue weighted by molar-refractivity contribution is -0.274. The predicted molar refractivity (Wildman–Crippen MR) is 97.8 cm³/mol. The molecule has 0 atom stereocenters. The Balaban J connectivity index is 1.87. The van der Waals surface area contributed by atoms with Gasteiger partial charge in [-0.05, 0) is 54.1 Å². The number of amides is 1. The SMILES string of the molecule is O=C(Nc1cc(-c2ccc(OC(F)(F)F)cc2)sc1C(=O)O)c1cccc(F)c1. The minimum Gasteiger partial charge on any atom is -0.477 e. The maximum Gasteiger partial charge on any atom is 0.573 e. The lowest BCUT2D eigenvalue weighted by Crippen LogP contribution is -2.16. The summed E-state index contributed by atoms with van der Waals surface area (Å²) in [6.07, 6.45) is -4.82. The van der Waals surface area contributed by atoms with E-state index in [1.165, 1.54) is 30.3 Å². The molecule has 0 saturated heterocycles. The highest BCUT2D eigenvalue weighted by Gasteiger charge is 2.31. The maximum absolute atomic E-state index is 13.3. The van der Waals surface area contributed by atoms with Gasteiger partial charge in [-0.2, -0.15) is 0 Å². The van der Waals surface area contributed by atoms with E-state index in [1.54, 1.807) is 0 Å². The van der Waals surface area contributed by atoms with Gasteiger partial charge >= 0.3 is 12.3 Å². The molecule has 3 aromatic rings. The number of ether oxygens (including phenoxy) is 1. The molecule has 0 aliphatic carbocycles. The first-order chi connectivity index (χ1) is 13.6. The average Bonchev–Trinajstić information content (AvgIpc) is 3.05. The first-order valence-electron chi connectivity index (χ1n) is 7.92.